The molecule has 0 saturated carbocycles. The lowest BCUT2D eigenvalue weighted by molar-refractivity contribution is 0.107. The Balaban J connectivity index is 1.93. The molecule has 1 fully saturated rings. The minimum absolute atomic E-state index is 0.349. The second kappa shape index (κ2) is 6.53. The van der Waals surface area contributed by atoms with Crippen molar-refractivity contribution < 1.29 is 0 Å². The number of benzene rings is 1. The quantitative estimate of drug-likeness (QED) is 0.875. The third kappa shape index (κ3) is 3.80. The van der Waals surface area contributed by atoms with Gasteiger partial charge in [-0.3, -0.25) is 4.90 Å². The van der Waals surface area contributed by atoms with Crippen LogP contribution in [0.1, 0.15) is 38.7 Å². The van der Waals surface area contributed by atoms with E-state index < -0.39 is 0 Å². The lowest BCUT2D eigenvalue weighted by Crippen LogP contribution is -2.52. The predicted molar refractivity (Wildman–Crippen MR) is 82.5 cm³/mol. The van der Waals surface area contributed by atoms with Gasteiger partial charge in [-0.05, 0) is 45.2 Å². The number of likely N-dealkylation sites (tertiary alicyclic amines) is 1. The maximum Gasteiger partial charge on any atom is 0.0174 e. The summed E-state index contributed by atoms with van der Waals surface area (Å²) in [5, 5.41) is 3.48. The molecule has 1 aromatic carbocycles. The van der Waals surface area contributed by atoms with Gasteiger partial charge in [0.05, 0.1) is 0 Å². The van der Waals surface area contributed by atoms with Gasteiger partial charge in [-0.1, -0.05) is 37.3 Å². The van der Waals surface area contributed by atoms with Gasteiger partial charge in [0.25, 0.3) is 0 Å². The highest BCUT2D eigenvalue weighted by Gasteiger charge is 2.30. The zero-order chi connectivity index (χ0) is 13.7. The van der Waals surface area contributed by atoms with Crippen LogP contribution in [0.15, 0.2) is 30.3 Å². The van der Waals surface area contributed by atoms with E-state index >= 15 is 0 Å². The first-order valence-electron chi connectivity index (χ1n) is 7.64. The second-order valence-electron chi connectivity index (χ2n) is 6.10. The monoisotopic (exact) mass is 260 g/mol. The summed E-state index contributed by atoms with van der Waals surface area (Å²) in [6, 6.07) is 11.6. The molecule has 1 atom stereocenters. The summed E-state index contributed by atoms with van der Waals surface area (Å²) in [5.74, 6) is 0. The van der Waals surface area contributed by atoms with Gasteiger partial charge in [0, 0.05) is 24.7 Å². The molecule has 0 spiro atoms. The van der Waals surface area contributed by atoms with Crippen LogP contribution < -0.4 is 5.32 Å². The van der Waals surface area contributed by atoms with Crippen molar-refractivity contribution in [1.29, 1.82) is 0 Å². The topological polar surface area (TPSA) is 15.3 Å². The van der Waals surface area contributed by atoms with Crippen LogP contribution in [0.3, 0.4) is 0 Å². The molecular formula is C17H28N2. The van der Waals surface area contributed by atoms with E-state index in [4.69, 9.17) is 0 Å². The molecule has 1 heterocycles. The largest absolute Gasteiger partial charge is 0.314 e. The van der Waals surface area contributed by atoms with Crippen molar-refractivity contribution in [2.45, 2.75) is 51.1 Å². The van der Waals surface area contributed by atoms with Gasteiger partial charge < -0.3 is 5.32 Å². The molecule has 0 aromatic heterocycles. The van der Waals surface area contributed by atoms with E-state index in [0.717, 1.165) is 0 Å². The number of rotatable bonds is 5. The van der Waals surface area contributed by atoms with E-state index in [1.165, 1.54) is 44.3 Å². The summed E-state index contributed by atoms with van der Waals surface area (Å²) >= 11 is 0. The van der Waals surface area contributed by atoms with Crippen molar-refractivity contribution in [2.75, 3.05) is 20.1 Å². The van der Waals surface area contributed by atoms with E-state index in [2.05, 4.69) is 61.4 Å². The third-order valence-corrected chi connectivity index (χ3v) is 4.81. The lowest BCUT2D eigenvalue weighted by atomic mass is 9.88. The van der Waals surface area contributed by atoms with Crippen LogP contribution in [0, 0.1) is 0 Å². The van der Waals surface area contributed by atoms with Crippen molar-refractivity contribution in [1.82, 2.24) is 10.2 Å². The molecule has 0 aliphatic carbocycles. The SMILES string of the molecule is CCC(Cc1ccccc1)N1CCC(C)(NC)CC1. The molecule has 1 saturated heterocycles. The summed E-state index contributed by atoms with van der Waals surface area (Å²) in [6.07, 6.45) is 4.95. The van der Waals surface area contributed by atoms with E-state index in [1.807, 2.05) is 0 Å². The molecule has 2 nitrogen and oxygen atoms in total. The van der Waals surface area contributed by atoms with Gasteiger partial charge in [0.15, 0.2) is 0 Å². The average molecular weight is 260 g/mol. The van der Waals surface area contributed by atoms with Gasteiger partial charge in [-0.15, -0.1) is 0 Å². The van der Waals surface area contributed by atoms with Crippen molar-refractivity contribution in [3.8, 4) is 0 Å². The van der Waals surface area contributed by atoms with Gasteiger partial charge in [-0.2, -0.15) is 0 Å². The Kier molecular flexibility index (Phi) is 5.00. The zero-order valence-electron chi connectivity index (χ0n) is 12.7. The normalized spacial score (nSPS) is 21.2. The van der Waals surface area contributed by atoms with Crippen LogP contribution in [-0.2, 0) is 6.42 Å². The van der Waals surface area contributed by atoms with Crippen LogP contribution in [0.25, 0.3) is 0 Å². The Bertz CT molecular complexity index is 366. The fraction of sp³-hybridized carbons (Fsp3) is 0.647. The zero-order valence-corrected chi connectivity index (χ0v) is 12.7. The second-order valence-corrected chi connectivity index (χ2v) is 6.10. The van der Waals surface area contributed by atoms with Crippen LogP contribution in [0.2, 0.25) is 0 Å². The number of hydrogen-bond donors (Lipinski definition) is 1. The van der Waals surface area contributed by atoms with Gasteiger partial charge in [-0.25, -0.2) is 0 Å². The Morgan fingerprint density at radius 2 is 1.84 bits per heavy atom. The minimum atomic E-state index is 0.349. The maximum atomic E-state index is 3.48. The van der Waals surface area contributed by atoms with Crippen molar-refractivity contribution in [3.63, 3.8) is 0 Å². The fourth-order valence-electron chi connectivity index (χ4n) is 3.05. The van der Waals surface area contributed by atoms with Gasteiger partial charge in [0.1, 0.15) is 0 Å². The first kappa shape index (κ1) is 14.5. The molecular weight excluding hydrogens is 232 g/mol. The van der Waals surface area contributed by atoms with Crippen LogP contribution in [0.5, 0.6) is 0 Å². The smallest absolute Gasteiger partial charge is 0.0174 e. The summed E-state index contributed by atoms with van der Waals surface area (Å²) in [6.45, 7) is 7.12. The molecule has 1 unspecified atom stereocenters. The molecule has 106 valence electrons. The van der Waals surface area contributed by atoms with Crippen LogP contribution >= 0.6 is 0 Å². The van der Waals surface area contributed by atoms with Gasteiger partial charge >= 0.3 is 0 Å². The number of piperidine rings is 1. The van der Waals surface area contributed by atoms with E-state index in [-0.39, 0.29) is 0 Å². The van der Waals surface area contributed by atoms with Crippen molar-refractivity contribution in [3.05, 3.63) is 35.9 Å². The van der Waals surface area contributed by atoms with Gasteiger partial charge in [0.2, 0.25) is 0 Å². The van der Waals surface area contributed by atoms with Crippen molar-refractivity contribution in [2.24, 2.45) is 0 Å². The number of hydrogen-bond acceptors (Lipinski definition) is 2. The third-order valence-electron chi connectivity index (χ3n) is 4.81. The van der Waals surface area contributed by atoms with Crippen molar-refractivity contribution >= 4 is 0 Å². The Morgan fingerprint density at radius 3 is 2.37 bits per heavy atom. The maximum absolute atomic E-state index is 3.48. The fourth-order valence-corrected chi connectivity index (χ4v) is 3.05. The first-order valence-corrected chi connectivity index (χ1v) is 7.64. The van der Waals surface area contributed by atoms with E-state index in [0.29, 0.717) is 11.6 Å². The lowest BCUT2D eigenvalue weighted by Gasteiger charge is -2.42. The molecule has 1 aliphatic rings. The molecule has 2 rings (SSSR count). The summed E-state index contributed by atoms with van der Waals surface area (Å²) in [7, 11) is 2.09. The first-order chi connectivity index (χ1) is 9.17. The standard InChI is InChI=1S/C17H28N2/c1-4-16(14-15-8-6-5-7-9-15)19-12-10-17(2,18-3)11-13-19/h5-9,16,18H,4,10-14H2,1-3H3. The Labute approximate surface area is 118 Å². The highest BCUT2D eigenvalue weighted by Crippen LogP contribution is 2.24. The molecule has 0 bridgehead atoms. The number of nitrogens with zero attached hydrogens (tertiary/aromatic N) is 1. The van der Waals surface area contributed by atoms with Crippen LogP contribution in [0.4, 0.5) is 0 Å². The molecule has 19 heavy (non-hydrogen) atoms. The summed E-state index contributed by atoms with van der Waals surface area (Å²) in [5.41, 5.74) is 1.82. The summed E-state index contributed by atoms with van der Waals surface area (Å²) in [4.78, 5) is 2.69. The highest BCUT2D eigenvalue weighted by atomic mass is 15.2. The molecule has 2 heteroatoms. The van der Waals surface area contributed by atoms with E-state index in [9.17, 15) is 0 Å². The minimum Gasteiger partial charge on any atom is -0.314 e. The molecule has 1 aromatic rings. The Hall–Kier alpha value is -0.860. The average Bonchev–Trinajstić information content (AvgIpc) is 2.47. The van der Waals surface area contributed by atoms with Crippen LogP contribution in [-0.4, -0.2) is 36.6 Å². The molecule has 0 radical (unpaired) electrons. The molecule has 0 amide bonds. The Morgan fingerprint density at radius 1 is 1.21 bits per heavy atom. The predicted octanol–water partition coefficient (Wildman–Crippen LogP) is 3.08. The highest BCUT2D eigenvalue weighted by molar-refractivity contribution is 5.16. The summed E-state index contributed by atoms with van der Waals surface area (Å²) < 4.78 is 0. The molecule has 1 aliphatic heterocycles. The number of nitrogens with one attached hydrogen (secondary N) is 1. The van der Waals surface area contributed by atoms with E-state index in [1.54, 1.807) is 0 Å². The molecule has 1 N–H and O–H groups in total.